The number of carbonyl (C=O) groups excluding carboxylic acids is 1. The second kappa shape index (κ2) is 7.89. The number of hydrogen-bond donors (Lipinski definition) is 1. The molecule has 0 aliphatic carbocycles. The van der Waals surface area contributed by atoms with E-state index < -0.39 is 4.92 Å². The van der Waals surface area contributed by atoms with Crippen molar-refractivity contribution in [1.29, 1.82) is 0 Å². The lowest BCUT2D eigenvalue weighted by Gasteiger charge is -2.11. The summed E-state index contributed by atoms with van der Waals surface area (Å²) < 4.78 is 0. The Bertz CT molecular complexity index is 711. The van der Waals surface area contributed by atoms with Crippen LogP contribution in [-0.2, 0) is 4.79 Å². The molecule has 5 nitrogen and oxygen atoms in total. The number of nitro benzene ring substituents is 1. The smallest absolute Gasteiger partial charge is 0.276 e. The minimum atomic E-state index is -0.463. The molecule has 0 saturated carbocycles. The largest absolute Gasteiger partial charge is 0.352 e. The van der Waals surface area contributed by atoms with Gasteiger partial charge >= 0.3 is 0 Å². The first-order valence-corrected chi connectivity index (χ1v) is 7.32. The predicted octanol–water partition coefficient (Wildman–Crippen LogP) is 3.53. The Balaban J connectivity index is 1.94. The second-order valence-corrected chi connectivity index (χ2v) is 5.21. The van der Waals surface area contributed by atoms with Crippen molar-refractivity contribution in [3.05, 3.63) is 81.9 Å². The van der Waals surface area contributed by atoms with Gasteiger partial charge in [-0.05, 0) is 23.6 Å². The SMILES string of the molecule is C[C@H](CNC(=O)/C=C/c1ccccc1[N+](=O)[O-])c1ccccc1. The molecule has 2 rings (SSSR count). The third-order valence-corrected chi connectivity index (χ3v) is 3.50. The monoisotopic (exact) mass is 310 g/mol. The lowest BCUT2D eigenvalue weighted by molar-refractivity contribution is -0.385. The summed E-state index contributed by atoms with van der Waals surface area (Å²) in [5, 5.41) is 13.7. The van der Waals surface area contributed by atoms with E-state index in [2.05, 4.69) is 5.32 Å². The normalized spacial score (nSPS) is 12.0. The van der Waals surface area contributed by atoms with Crippen LogP contribution in [0.3, 0.4) is 0 Å². The highest BCUT2D eigenvalue weighted by Gasteiger charge is 2.10. The van der Waals surface area contributed by atoms with E-state index in [0.717, 1.165) is 5.56 Å². The van der Waals surface area contributed by atoms with Gasteiger partial charge in [-0.25, -0.2) is 0 Å². The molecule has 0 spiro atoms. The maximum absolute atomic E-state index is 11.9. The molecule has 2 aromatic carbocycles. The fourth-order valence-corrected chi connectivity index (χ4v) is 2.17. The van der Waals surface area contributed by atoms with Crippen molar-refractivity contribution in [3.8, 4) is 0 Å². The molecule has 0 heterocycles. The summed E-state index contributed by atoms with van der Waals surface area (Å²) in [5.41, 5.74) is 1.54. The van der Waals surface area contributed by atoms with Crippen molar-refractivity contribution in [2.45, 2.75) is 12.8 Å². The first-order valence-electron chi connectivity index (χ1n) is 7.32. The highest BCUT2D eigenvalue weighted by molar-refractivity contribution is 5.92. The van der Waals surface area contributed by atoms with E-state index in [0.29, 0.717) is 12.1 Å². The number of nitrogens with zero attached hydrogens (tertiary/aromatic N) is 1. The first-order chi connectivity index (χ1) is 11.1. The molecule has 0 radical (unpaired) electrons. The van der Waals surface area contributed by atoms with Gasteiger partial charge in [0.15, 0.2) is 0 Å². The van der Waals surface area contributed by atoms with Gasteiger partial charge in [0.1, 0.15) is 0 Å². The van der Waals surface area contributed by atoms with Crippen LogP contribution in [0.5, 0.6) is 0 Å². The molecule has 0 fully saturated rings. The minimum Gasteiger partial charge on any atom is -0.352 e. The minimum absolute atomic E-state index is 0.0193. The van der Waals surface area contributed by atoms with Gasteiger partial charge in [-0.1, -0.05) is 49.4 Å². The molecule has 23 heavy (non-hydrogen) atoms. The Morgan fingerprint density at radius 3 is 2.52 bits per heavy atom. The van der Waals surface area contributed by atoms with Gasteiger partial charge in [0.05, 0.1) is 10.5 Å². The molecule has 1 amide bonds. The van der Waals surface area contributed by atoms with Crippen LogP contribution < -0.4 is 5.32 Å². The maximum Gasteiger partial charge on any atom is 0.276 e. The van der Waals surface area contributed by atoms with Crippen LogP contribution in [0.2, 0.25) is 0 Å². The van der Waals surface area contributed by atoms with Crippen molar-refractivity contribution in [3.63, 3.8) is 0 Å². The molecule has 0 aromatic heterocycles. The Labute approximate surface area is 134 Å². The molecule has 0 bridgehead atoms. The molecule has 118 valence electrons. The van der Waals surface area contributed by atoms with Gasteiger partial charge in [-0.15, -0.1) is 0 Å². The third-order valence-electron chi connectivity index (χ3n) is 3.50. The Hall–Kier alpha value is -2.95. The molecular formula is C18H18N2O3. The van der Waals surface area contributed by atoms with E-state index in [1.807, 2.05) is 37.3 Å². The summed E-state index contributed by atoms with van der Waals surface area (Å²) in [4.78, 5) is 22.3. The van der Waals surface area contributed by atoms with Crippen LogP contribution in [0, 0.1) is 10.1 Å². The number of benzene rings is 2. The summed E-state index contributed by atoms with van der Waals surface area (Å²) in [6.45, 7) is 2.53. The van der Waals surface area contributed by atoms with Crippen LogP contribution in [-0.4, -0.2) is 17.4 Å². The fraction of sp³-hybridized carbons (Fsp3) is 0.167. The average Bonchev–Trinajstić information content (AvgIpc) is 2.58. The van der Waals surface area contributed by atoms with E-state index in [9.17, 15) is 14.9 Å². The average molecular weight is 310 g/mol. The zero-order valence-corrected chi connectivity index (χ0v) is 12.8. The first kappa shape index (κ1) is 16.4. The molecule has 5 heteroatoms. The predicted molar refractivity (Wildman–Crippen MR) is 90.0 cm³/mol. The zero-order chi connectivity index (χ0) is 16.7. The van der Waals surface area contributed by atoms with E-state index in [1.165, 1.54) is 18.2 Å². The number of para-hydroxylation sites is 1. The van der Waals surface area contributed by atoms with Gasteiger partial charge in [-0.3, -0.25) is 14.9 Å². The number of nitrogens with one attached hydrogen (secondary N) is 1. The maximum atomic E-state index is 11.9. The summed E-state index contributed by atoms with van der Waals surface area (Å²) in [7, 11) is 0. The zero-order valence-electron chi connectivity index (χ0n) is 12.8. The van der Waals surface area contributed by atoms with E-state index in [1.54, 1.807) is 18.2 Å². The van der Waals surface area contributed by atoms with Crippen molar-refractivity contribution < 1.29 is 9.72 Å². The summed E-state index contributed by atoms with van der Waals surface area (Å²) in [6, 6.07) is 16.2. The van der Waals surface area contributed by atoms with Crippen molar-refractivity contribution >= 4 is 17.7 Å². The lowest BCUT2D eigenvalue weighted by Crippen LogP contribution is -2.25. The van der Waals surface area contributed by atoms with Crippen LogP contribution in [0.1, 0.15) is 24.0 Å². The molecule has 0 aliphatic heterocycles. The molecule has 2 aromatic rings. The number of carbonyl (C=O) groups is 1. The van der Waals surface area contributed by atoms with Crippen molar-refractivity contribution in [1.82, 2.24) is 5.32 Å². The Morgan fingerprint density at radius 2 is 1.83 bits per heavy atom. The van der Waals surface area contributed by atoms with E-state index >= 15 is 0 Å². The quantitative estimate of drug-likeness (QED) is 0.504. The number of nitro groups is 1. The van der Waals surface area contributed by atoms with Crippen LogP contribution in [0.15, 0.2) is 60.7 Å². The number of amides is 1. The molecule has 1 atom stereocenters. The molecule has 0 aliphatic rings. The van der Waals surface area contributed by atoms with Crippen molar-refractivity contribution in [2.75, 3.05) is 6.54 Å². The number of hydrogen-bond acceptors (Lipinski definition) is 3. The topological polar surface area (TPSA) is 72.2 Å². The summed E-state index contributed by atoms with van der Waals surface area (Å²) in [6.07, 6.45) is 2.78. The van der Waals surface area contributed by atoms with Crippen LogP contribution in [0.25, 0.3) is 6.08 Å². The van der Waals surface area contributed by atoms with Gasteiger partial charge < -0.3 is 5.32 Å². The highest BCUT2D eigenvalue weighted by atomic mass is 16.6. The molecule has 0 unspecified atom stereocenters. The van der Waals surface area contributed by atoms with E-state index in [-0.39, 0.29) is 17.5 Å². The summed E-state index contributed by atoms with van der Waals surface area (Å²) >= 11 is 0. The van der Waals surface area contributed by atoms with Gasteiger partial charge in [0.25, 0.3) is 5.69 Å². The highest BCUT2D eigenvalue weighted by Crippen LogP contribution is 2.18. The van der Waals surface area contributed by atoms with E-state index in [4.69, 9.17) is 0 Å². The molecule has 0 saturated heterocycles. The van der Waals surface area contributed by atoms with Crippen LogP contribution >= 0.6 is 0 Å². The van der Waals surface area contributed by atoms with Gasteiger partial charge in [0.2, 0.25) is 5.91 Å². The Kier molecular flexibility index (Phi) is 5.63. The number of rotatable bonds is 6. The third kappa shape index (κ3) is 4.78. The standard InChI is InChI=1S/C18H18N2O3/c1-14(15-7-3-2-4-8-15)13-19-18(21)12-11-16-9-5-6-10-17(16)20(22)23/h2-12,14H,13H2,1H3,(H,19,21)/b12-11+/t14-/m1/s1. The van der Waals surface area contributed by atoms with Crippen molar-refractivity contribution in [2.24, 2.45) is 0 Å². The summed E-state index contributed by atoms with van der Waals surface area (Å²) in [5.74, 6) is -0.0782. The Morgan fingerprint density at radius 1 is 1.17 bits per heavy atom. The van der Waals surface area contributed by atoms with Gasteiger partial charge in [0, 0.05) is 18.7 Å². The van der Waals surface area contributed by atoms with Gasteiger partial charge in [-0.2, -0.15) is 0 Å². The molecule has 1 N–H and O–H groups in total. The second-order valence-electron chi connectivity index (χ2n) is 5.21. The molecular weight excluding hydrogens is 292 g/mol. The lowest BCUT2D eigenvalue weighted by atomic mass is 10.0. The van der Waals surface area contributed by atoms with Crippen LogP contribution in [0.4, 0.5) is 5.69 Å². The fourth-order valence-electron chi connectivity index (χ4n) is 2.17.